The maximum Gasteiger partial charge on any atom is 0.243 e. The average Bonchev–Trinajstić information content (AvgIpc) is 3.10. The Bertz CT molecular complexity index is 775. The summed E-state index contributed by atoms with van der Waals surface area (Å²) in [4.78, 5) is 24.1. The standard InChI is InChI=1S/C19H27N5O2S/c1-4-5-6-10-24-13-21-23-19(24)27-12-18(26)20-11-17(25)22-16-9-7-8-14(2)15(16)3/h7-9,13H,4-6,10-12H2,1-3H3,(H,20,26)(H,22,25). The van der Waals surface area contributed by atoms with Crippen molar-refractivity contribution in [1.29, 1.82) is 0 Å². The monoisotopic (exact) mass is 389 g/mol. The summed E-state index contributed by atoms with van der Waals surface area (Å²) in [6.45, 7) is 6.89. The summed E-state index contributed by atoms with van der Waals surface area (Å²) in [5.41, 5.74) is 2.90. The molecule has 0 bridgehead atoms. The van der Waals surface area contributed by atoms with Gasteiger partial charge in [0, 0.05) is 12.2 Å². The van der Waals surface area contributed by atoms with Crippen LogP contribution in [-0.2, 0) is 16.1 Å². The van der Waals surface area contributed by atoms with Crippen LogP contribution in [0.25, 0.3) is 0 Å². The number of unbranched alkanes of at least 4 members (excludes halogenated alkanes) is 2. The van der Waals surface area contributed by atoms with Crippen LogP contribution in [0.3, 0.4) is 0 Å². The molecule has 0 spiro atoms. The molecule has 0 aliphatic carbocycles. The molecule has 2 N–H and O–H groups in total. The van der Waals surface area contributed by atoms with Crippen LogP contribution < -0.4 is 10.6 Å². The topological polar surface area (TPSA) is 88.9 Å². The summed E-state index contributed by atoms with van der Waals surface area (Å²) >= 11 is 1.33. The normalized spacial score (nSPS) is 10.6. The first-order valence-corrected chi connectivity index (χ1v) is 10.1. The van der Waals surface area contributed by atoms with Gasteiger partial charge in [-0.25, -0.2) is 0 Å². The Morgan fingerprint density at radius 3 is 2.78 bits per heavy atom. The van der Waals surface area contributed by atoms with Gasteiger partial charge in [-0.05, 0) is 37.5 Å². The first-order chi connectivity index (χ1) is 13.0. The Hall–Kier alpha value is -2.35. The smallest absolute Gasteiger partial charge is 0.243 e. The lowest BCUT2D eigenvalue weighted by molar-refractivity contribution is -0.122. The largest absolute Gasteiger partial charge is 0.346 e. The molecular formula is C19H27N5O2S. The van der Waals surface area contributed by atoms with E-state index >= 15 is 0 Å². The second-order valence-corrected chi connectivity index (χ2v) is 7.32. The van der Waals surface area contributed by atoms with Crippen LogP contribution in [0.2, 0.25) is 0 Å². The Balaban J connectivity index is 1.74. The molecule has 146 valence electrons. The number of nitrogens with zero attached hydrogens (tertiary/aromatic N) is 3. The van der Waals surface area contributed by atoms with E-state index in [0.717, 1.165) is 47.8 Å². The van der Waals surface area contributed by atoms with Gasteiger partial charge in [-0.15, -0.1) is 10.2 Å². The summed E-state index contributed by atoms with van der Waals surface area (Å²) in [7, 11) is 0. The molecular weight excluding hydrogens is 362 g/mol. The third-order valence-corrected chi connectivity index (χ3v) is 5.22. The summed E-state index contributed by atoms with van der Waals surface area (Å²) in [6, 6.07) is 5.73. The maximum atomic E-state index is 12.1. The van der Waals surface area contributed by atoms with Gasteiger partial charge in [-0.3, -0.25) is 9.59 Å². The lowest BCUT2D eigenvalue weighted by Crippen LogP contribution is -2.34. The molecule has 0 fully saturated rings. The van der Waals surface area contributed by atoms with E-state index < -0.39 is 0 Å². The summed E-state index contributed by atoms with van der Waals surface area (Å²) < 4.78 is 1.96. The van der Waals surface area contributed by atoms with Crippen LogP contribution in [-0.4, -0.2) is 38.9 Å². The Morgan fingerprint density at radius 1 is 1.19 bits per heavy atom. The Kier molecular flexibility index (Phi) is 8.32. The number of nitrogens with one attached hydrogen (secondary N) is 2. The molecule has 2 rings (SSSR count). The van der Waals surface area contributed by atoms with E-state index in [4.69, 9.17) is 0 Å². The number of aromatic nitrogens is 3. The van der Waals surface area contributed by atoms with Gasteiger partial charge in [0.25, 0.3) is 0 Å². The number of hydrogen-bond donors (Lipinski definition) is 2. The number of aryl methyl sites for hydroxylation is 2. The second-order valence-electron chi connectivity index (χ2n) is 6.38. The van der Waals surface area contributed by atoms with Gasteiger partial charge in [-0.1, -0.05) is 43.7 Å². The molecule has 0 unspecified atom stereocenters. The SMILES string of the molecule is CCCCCn1cnnc1SCC(=O)NCC(=O)Nc1cccc(C)c1C. The zero-order valence-electron chi connectivity index (χ0n) is 16.1. The van der Waals surface area contributed by atoms with E-state index in [9.17, 15) is 9.59 Å². The molecule has 0 radical (unpaired) electrons. The van der Waals surface area contributed by atoms with Crippen LogP contribution in [0.15, 0.2) is 29.7 Å². The van der Waals surface area contributed by atoms with Crippen molar-refractivity contribution in [2.24, 2.45) is 0 Å². The van der Waals surface area contributed by atoms with Crippen molar-refractivity contribution >= 4 is 29.3 Å². The zero-order valence-corrected chi connectivity index (χ0v) is 16.9. The van der Waals surface area contributed by atoms with Gasteiger partial charge in [0.2, 0.25) is 11.8 Å². The number of benzene rings is 1. The fourth-order valence-corrected chi connectivity index (χ4v) is 3.25. The number of amides is 2. The van der Waals surface area contributed by atoms with Crippen molar-refractivity contribution in [2.45, 2.75) is 51.7 Å². The zero-order chi connectivity index (χ0) is 19.6. The molecule has 27 heavy (non-hydrogen) atoms. The highest BCUT2D eigenvalue weighted by atomic mass is 32.2. The van der Waals surface area contributed by atoms with E-state index in [1.807, 2.05) is 36.6 Å². The quantitative estimate of drug-likeness (QED) is 0.482. The van der Waals surface area contributed by atoms with Crippen molar-refractivity contribution in [3.05, 3.63) is 35.7 Å². The van der Waals surface area contributed by atoms with E-state index in [1.165, 1.54) is 11.8 Å². The van der Waals surface area contributed by atoms with Crippen LogP contribution in [0.5, 0.6) is 0 Å². The number of hydrogen-bond acceptors (Lipinski definition) is 5. The van der Waals surface area contributed by atoms with Crippen molar-refractivity contribution in [3.8, 4) is 0 Å². The van der Waals surface area contributed by atoms with Gasteiger partial charge in [0.1, 0.15) is 6.33 Å². The summed E-state index contributed by atoms with van der Waals surface area (Å²) in [6.07, 6.45) is 5.05. The van der Waals surface area contributed by atoms with Crippen LogP contribution >= 0.6 is 11.8 Å². The third kappa shape index (κ3) is 6.71. The number of carbonyl (C=O) groups is 2. The molecule has 2 amide bonds. The van der Waals surface area contributed by atoms with Crippen LogP contribution in [0, 0.1) is 13.8 Å². The van der Waals surface area contributed by atoms with Crippen LogP contribution in [0.4, 0.5) is 5.69 Å². The molecule has 1 aromatic heterocycles. The summed E-state index contributed by atoms with van der Waals surface area (Å²) in [5, 5.41) is 14.2. The highest BCUT2D eigenvalue weighted by Crippen LogP contribution is 2.18. The van der Waals surface area contributed by atoms with E-state index in [0.29, 0.717) is 0 Å². The highest BCUT2D eigenvalue weighted by Gasteiger charge is 2.11. The van der Waals surface area contributed by atoms with Gasteiger partial charge in [-0.2, -0.15) is 0 Å². The lowest BCUT2D eigenvalue weighted by atomic mass is 10.1. The number of anilines is 1. The fourth-order valence-electron chi connectivity index (χ4n) is 2.48. The van der Waals surface area contributed by atoms with Crippen molar-refractivity contribution < 1.29 is 9.59 Å². The summed E-state index contributed by atoms with van der Waals surface area (Å²) in [5.74, 6) is -0.257. The molecule has 0 saturated carbocycles. The van der Waals surface area contributed by atoms with Crippen molar-refractivity contribution in [3.63, 3.8) is 0 Å². The van der Waals surface area contributed by atoms with Gasteiger partial charge < -0.3 is 15.2 Å². The number of rotatable bonds is 10. The van der Waals surface area contributed by atoms with Gasteiger partial charge in [0.15, 0.2) is 5.16 Å². The average molecular weight is 390 g/mol. The third-order valence-electron chi connectivity index (χ3n) is 4.24. The fraction of sp³-hybridized carbons (Fsp3) is 0.474. The van der Waals surface area contributed by atoms with Gasteiger partial charge >= 0.3 is 0 Å². The molecule has 0 atom stereocenters. The van der Waals surface area contributed by atoms with E-state index in [1.54, 1.807) is 6.33 Å². The molecule has 1 aromatic carbocycles. The first-order valence-electron chi connectivity index (χ1n) is 9.14. The number of thioether (sulfide) groups is 1. The predicted octanol–water partition coefficient (Wildman–Crippen LogP) is 2.93. The Morgan fingerprint density at radius 2 is 2.00 bits per heavy atom. The Labute approximate surface area is 164 Å². The second kappa shape index (κ2) is 10.7. The molecule has 2 aromatic rings. The molecule has 0 aliphatic rings. The molecule has 7 nitrogen and oxygen atoms in total. The molecule has 0 aliphatic heterocycles. The lowest BCUT2D eigenvalue weighted by Gasteiger charge is -2.11. The molecule has 1 heterocycles. The van der Waals surface area contributed by atoms with Crippen molar-refractivity contribution in [1.82, 2.24) is 20.1 Å². The highest BCUT2D eigenvalue weighted by molar-refractivity contribution is 7.99. The minimum absolute atomic E-state index is 0.0596. The first kappa shape index (κ1) is 21.0. The molecule has 8 heteroatoms. The minimum Gasteiger partial charge on any atom is -0.346 e. The van der Waals surface area contributed by atoms with Gasteiger partial charge in [0.05, 0.1) is 12.3 Å². The molecule has 0 saturated heterocycles. The number of carbonyl (C=O) groups excluding carboxylic acids is 2. The maximum absolute atomic E-state index is 12.1. The minimum atomic E-state index is -0.246. The van der Waals surface area contributed by atoms with E-state index in [-0.39, 0.29) is 24.1 Å². The van der Waals surface area contributed by atoms with E-state index in [2.05, 4.69) is 27.8 Å². The van der Waals surface area contributed by atoms with Crippen LogP contribution in [0.1, 0.15) is 37.3 Å². The van der Waals surface area contributed by atoms with Crippen molar-refractivity contribution in [2.75, 3.05) is 17.6 Å². The predicted molar refractivity (Wildman–Crippen MR) is 108 cm³/mol.